The summed E-state index contributed by atoms with van der Waals surface area (Å²) in [5.74, 6) is -0.501. The van der Waals surface area contributed by atoms with Crippen molar-refractivity contribution in [3.8, 4) is 0 Å². The first-order valence-electron chi connectivity index (χ1n) is 4.71. The maximum Gasteiger partial charge on any atom is 0.312 e. The summed E-state index contributed by atoms with van der Waals surface area (Å²) in [6.45, 7) is 9.68. The van der Waals surface area contributed by atoms with Crippen molar-refractivity contribution in [3.05, 3.63) is 0 Å². The Balaban J connectivity index is 4.45. The Morgan fingerprint density at radius 2 is 1.93 bits per heavy atom. The number of nitrogens with two attached hydrogens (primary N) is 1. The van der Waals surface area contributed by atoms with Crippen LogP contribution in [0.2, 0.25) is 18.1 Å². The second kappa shape index (κ2) is 4.42. The van der Waals surface area contributed by atoms with Crippen LogP contribution in [0.5, 0.6) is 0 Å². The molecule has 0 aliphatic rings. The van der Waals surface area contributed by atoms with Crippen molar-refractivity contribution < 1.29 is 14.3 Å². The summed E-state index contributed by atoms with van der Waals surface area (Å²) in [6.07, 6.45) is 0. The van der Waals surface area contributed by atoms with Crippen LogP contribution >= 0.6 is 0 Å². The third kappa shape index (κ3) is 3.40. The molecule has 0 unspecified atom stereocenters. The maximum absolute atomic E-state index is 11.4. The maximum atomic E-state index is 11.4. The molecule has 0 aliphatic heterocycles. The van der Waals surface area contributed by atoms with E-state index >= 15 is 0 Å². The minimum absolute atomic E-state index is 0.0299. The van der Waals surface area contributed by atoms with E-state index in [0.717, 1.165) is 0 Å². The van der Waals surface area contributed by atoms with Gasteiger partial charge in [0.1, 0.15) is 6.04 Å². The van der Waals surface area contributed by atoms with Gasteiger partial charge in [0.25, 0.3) is 8.32 Å². The first kappa shape index (κ1) is 13.6. The molecule has 0 aromatic rings. The normalized spacial score (nSPS) is 15.1. The second-order valence-corrected chi connectivity index (χ2v) is 9.70. The van der Waals surface area contributed by atoms with Crippen LogP contribution in [0, 0.1) is 0 Å². The van der Waals surface area contributed by atoms with E-state index in [1.807, 2.05) is 33.9 Å². The Morgan fingerprint density at radius 3 is 2.21 bits per heavy atom. The van der Waals surface area contributed by atoms with Gasteiger partial charge in [0.05, 0.1) is 6.61 Å². The molecule has 0 aliphatic carbocycles. The number of aliphatic hydroxyl groups excluding tert-OH is 1. The standard InChI is InChI=1S/C9H21NO3Si/c1-9(2,3)14(4,5)13-8(12)7(10)6-11/h7,11H,6,10H2,1-5H3/t7-/m0/s1. The third-order valence-corrected chi connectivity index (χ3v) is 6.99. The smallest absolute Gasteiger partial charge is 0.312 e. The van der Waals surface area contributed by atoms with E-state index in [1.54, 1.807) is 0 Å². The van der Waals surface area contributed by atoms with Crippen molar-refractivity contribution in [3.63, 3.8) is 0 Å². The molecule has 0 aromatic heterocycles. The summed E-state index contributed by atoms with van der Waals surface area (Å²) >= 11 is 0. The van der Waals surface area contributed by atoms with Crippen molar-refractivity contribution in [2.45, 2.75) is 44.9 Å². The molecule has 0 fully saturated rings. The van der Waals surface area contributed by atoms with Gasteiger partial charge >= 0.3 is 5.97 Å². The van der Waals surface area contributed by atoms with Crippen molar-refractivity contribution in [2.24, 2.45) is 5.73 Å². The Morgan fingerprint density at radius 1 is 1.50 bits per heavy atom. The summed E-state index contributed by atoms with van der Waals surface area (Å²) in [5.41, 5.74) is 5.36. The van der Waals surface area contributed by atoms with Crippen LogP contribution in [0.25, 0.3) is 0 Å². The lowest BCUT2D eigenvalue weighted by Crippen LogP contribution is -2.47. The fourth-order valence-corrected chi connectivity index (χ4v) is 1.52. The topological polar surface area (TPSA) is 72.5 Å². The van der Waals surface area contributed by atoms with E-state index in [4.69, 9.17) is 15.3 Å². The highest BCUT2D eigenvalue weighted by Crippen LogP contribution is 2.36. The highest BCUT2D eigenvalue weighted by Gasteiger charge is 2.41. The van der Waals surface area contributed by atoms with Crippen LogP contribution in [-0.4, -0.2) is 32.0 Å². The van der Waals surface area contributed by atoms with E-state index in [2.05, 4.69) is 0 Å². The van der Waals surface area contributed by atoms with Gasteiger partial charge < -0.3 is 15.3 Å². The molecule has 0 saturated carbocycles. The molecule has 0 aromatic carbocycles. The predicted molar refractivity (Wildman–Crippen MR) is 58.4 cm³/mol. The molecule has 14 heavy (non-hydrogen) atoms. The number of carbonyl (C=O) groups is 1. The zero-order valence-electron chi connectivity index (χ0n) is 9.63. The summed E-state index contributed by atoms with van der Waals surface area (Å²) < 4.78 is 5.37. The zero-order chi connectivity index (χ0) is 11.6. The van der Waals surface area contributed by atoms with Crippen LogP contribution in [0.4, 0.5) is 0 Å². The first-order chi connectivity index (χ1) is 6.12. The third-order valence-electron chi connectivity index (χ3n) is 2.66. The lowest BCUT2D eigenvalue weighted by molar-refractivity contribution is -0.137. The summed E-state index contributed by atoms with van der Waals surface area (Å²) in [7, 11) is -2.09. The first-order valence-corrected chi connectivity index (χ1v) is 7.62. The molecule has 0 saturated heterocycles. The average Bonchev–Trinajstić information content (AvgIpc) is 2.00. The van der Waals surface area contributed by atoms with Gasteiger partial charge in [0.15, 0.2) is 0 Å². The molecule has 0 radical (unpaired) electrons. The Bertz CT molecular complexity index is 211. The van der Waals surface area contributed by atoms with Gasteiger partial charge in [-0.2, -0.15) is 0 Å². The largest absolute Gasteiger partial charge is 0.518 e. The minimum atomic E-state index is -2.09. The Labute approximate surface area is 86.6 Å². The van der Waals surface area contributed by atoms with E-state index in [1.165, 1.54) is 0 Å². The van der Waals surface area contributed by atoms with E-state index in [-0.39, 0.29) is 11.6 Å². The Hall–Kier alpha value is -0.393. The molecule has 0 heterocycles. The number of aliphatic hydroxyl groups is 1. The molecular weight excluding hydrogens is 198 g/mol. The van der Waals surface area contributed by atoms with E-state index in [0.29, 0.717) is 0 Å². The lowest BCUT2D eigenvalue weighted by Gasteiger charge is -2.36. The molecule has 5 heteroatoms. The lowest BCUT2D eigenvalue weighted by atomic mass is 10.2. The van der Waals surface area contributed by atoms with Crippen LogP contribution in [0.3, 0.4) is 0 Å². The highest BCUT2D eigenvalue weighted by atomic mass is 28.4. The molecule has 0 spiro atoms. The highest BCUT2D eigenvalue weighted by molar-refractivity contribution is 6.75. The van der Waals surface area contributed by atoms with Gasteiger partial charge in [-0.25, -0.2) is 0 Å². The molecule has 4 nitrogen and oxygen atoms in total. The quantitative estimate of drug-likeness (QED) is 0.690. The number of rotatable bonds is 3. The fourth-order valence-electron chi connectivity index (χ4n) is 0.555. The minimum Gasteiger partial charge on any atom is -0.518 e. The Kier molecular flexibility index (Phi) is 4.29. The van der Waals surface area contributed by atoms with Crippen molar-refractivity contribution >= 4 is 14.3 Å². The van der Waals surface area contributed by atoms with Gasteiger partial charge in [-0.15, -0.1) is 0 Å². The van der Waals surface area contributed by atoms with Crippen molar-refractivity contribution in [2.75, 3.05) is 6.61 Å². The van der Waals surface area contributed by atoms with Gasteiger partial charge in [-0.3, -0.25) is 4.79 Å². The zero-order valence-corrected chi connectivity index (χ0v) is 10.6. The monoisotopic (exact) mass is 219 g/mol. The van der Waals surface area contributed by atoms with Crippen LogP contribution in [-0.2, 0) is 9.22 Å². The summed E-state index contributed by atoms with van der Waals surface area (Å²) in [4.78, 5) is 11.4. The fraction of sp³-hybridized carbons (Fsp3) is 0.889. The number of carbonyl (C=O) groups excluding carboxylic acids is 1. The number of hydrogen-bond acceptors (Lipinski definition) is 4. The van der Waals surface area contributed by atoms with Gasteiger partial charge in [0.2, 0.25) is 0 Å². The van der Waals surface area contributed by atoms with Gasteiger partial charge in [-0.1, -0.05) is 20.8 Å². The molecule has 0 bridgehead atoms. The average molecular weight is 219 g/mol. The molecular formula is C9H21NO3Si. The van der Waals surface area contributed by atoms with Crippen LogP contribution in [0.15, 0.2) is 0 Å². The molecule has 1 atom stereocenters. The summed E-state index contributed by atoms with van der Waals surface area (Å²) in [6, 6.07) is -0.913. The predicted octanol–water partition coefficient (Wildman–Crippen LogP) is 0.854. The van der Waals surface area contributed by atoms with Crippen LogP contribution in [0.1, 0.15) is 20.8 Å². The summed E-state index contributed by atoms with van der Waals surface area (Å²) in [5, 5.41) is 8.66. The number of hydrogen-bond donors (Lipinski definition) is 2. The second-order valence-electron chi connectivity index (χ2n) is 4.97. The van der Waals surface area contributed by atoms with Gasteiger partial charge in [0, 0.05) is 0 Å². The SMILES string of the molecule is CC(C)(C)[Si](C)(C)OC(=O)[C@@H](N)CO. The molecule has 0 rings (SSSR count). The molecule has 0 amide bonds. The van der Waals surface area contributed by atoms with Crippen LogP contribution < -0.4 is 5.73 Å². The molecule has 84 valence electrons. The van der Waals surface area contributed by atoms with E-state index < -0.39 is 20.3 Å². The molecule has 3 N–H and O–H groups in total. The van der Waals surface area contributed by atoms with Gasteiger partial charge in [-0.05, 0) is 18.1 Å². The van der Waals surface area contributed by atoms with Crippen molar-refractivity contribution in [1.82, 2.24) is 0 Å². The van der Waals surface area contributed by atoms with Crippen molar-refractivity contribution in [1.29, 1.82) is 0 Å². The van der Waals surface area contributed by atoms with E-state index in [9.17, 15) is 4.79 Å².